The molecule has 0 bridgehead atoms. The van der Waals surface area contributed by atoms with Gasteiger partial charge in [-0.05, 0) is 31.6 Å². The van der Waals surface area contributed by atoms with Crippen molar-refractivity contribution in [3.63, 3.8) is 0 Å². The maximum absolute atomic E-state index is 10.3. The van der Waals surface area contributed by atoms with Crippen LogP contribution in [0.2, 0.25) is 0 Å². The normalized spacial score (nSPS) is 35.8. The van der Waals surface area contributed by atoms with Crippen LogP contribution in [0, 0.1) is 5.92 Å². The zero-order valence-electron chi connectivity index (χ0n) is 8.47. The fourth-order valence-corrected chi connectivity index (χ4v) is 2.65. The van der Waals surface area contributed by atoms with Gasteiger partial charge < -0.3 is 5.11 Å². The topological polar surface area (TPSA) is 20.2 Å². The van der Waals surface area contributed by atoms with Crippen LogP contribution in [0.5, 0.6) is 0 Å². The summed E-state index contributed by atoms with van der Waals surface area (Å²) in [6, 6.07) is 0. The lowest BCUT2D eigenvalue weighted by Gasteiger charge is -2.29. The van der Waals surface area contributed by atoms with Gasteiger partial charge in [0, 0.05) is 0 Å². The first-order chi connectivity index (χ1) is 5.73. The lowest BCUT2D eigenvalue weighted by Crippen LogP contribution is -2.32. The van der Waals surface area contributed by atoms with E-state index in [4.69, 9.17) is 0 Å². The maximum atomic E-state index is 10.3. The first kappa shape index (κ1) is 10.0. The van der Waals surface area contributed by atoms with Gasteiger partial charge in [0.1, 0.15) is 0 Å². The Kier molecular flexibility index (Phi) is 3.57. The molecule has 0 aliphatic heterocycles. The zero-order chi connectivity index (χ0) is 9.03. The largest absolute Gasteiger partial charge is 0.390 e. The molecule has 0 amide bonds. The Balaban J connectivity index is 2.48. The highest BCUT2D eigenvalue weighted by Crippen LogP contribution is 2.41. The van der Waals surface area contributed by atoms with Gasteiger partial charge in [-0.3, -0.25) is 0 Å². The van der Waals surface area contributed by atoms with Crippen LogP contribution in [0.1, 0.15) is 58.8 Å². The van der Waals surface area contributed by atoms with Crippen molar-refractivity contribution in [1.82, 2.24) is 0 Å². The summed E-state index contributed by atoms with van der Waals surface area (Å²) in [7, 11) is 0. The van der Waals surface area contributed by atoms with Crippen molar-refractivity contribution in [3.05, 3.63) is 0 Å². The second-order valence-electron chi connectivity index (χ2n) is 4.23. The first-order valence-electron chi connectivity index (χ1n) is 5.45. The van der Waals surface area contributed by atoms with Crippen LogP contribution in [0.15, 0.2) is 0 Å². The molecule has 0 heterocycles. The van der Waals surface area contributed by atoms with Gasteiger partial charge in [0.05, 0.1) is 5.60 Å². The molecule has 0 unspecified atom stereocenters. The molecule has 0 radical (unpaired) electrons. The van der Waals surface area contributed by atoms with E-state index < -0.39 is 0 Å². The number of aliphatic hydroxyl groups is 1. The van der Waals surface area contributed by atoms with Crippen LogP contribution < -0.4 is 0 Å². The molecule has 0 aromatic heterocycles. The van der Waals surface area contributed by atoms with Gasteiger partial charge in [0.15, 0.2) is 0 Å². The van der Waals surface area contributed by atoms with Crippen molar-refractivity contribution in [2.24, 2.45) is 5.92 Å². The maximum Gasteiger partial charge on any atom is 0.0675 e. The van der Waals surface area contributed by atoms with Gasteiger partial charge in [-0.25, -0.2) is 0 Å². The summed E-state index contributed by atoms with van der Waals surface area (Å²) in [5, 5.41) is 10.3. The van der Waals surface area contributed by atoms with Gasteiger partial charge in [0.25, 0.3) is 0 Å². The minimum absolute atomic E-state index is 0.287. The van der Waals surface area contributed by atoms with Crippen molar-refractivity contribution < 1.29 is 5.11 Å². The van der Waals surface area contributed by atoms with Crippen molar-refractivity contribution in [2.45, 2.75) is 64.4 Å². The summed E-state index contributed by atoms with van der Waals surface area (Å²) in [5.74, 6) is 0.599. The van der Waals surface area contributed by atoms with Crippen LogP contribution >= 0.6 is 0 Å². The smallest absolute Gasteiger partial charge is 0.0675 e. The predicted molar refractivity (Wildman–Crippen MR) is 52.1 cm³/mol. The molecule has 2 atom stereocenters. The molecule has 1 fully saturated rings. The molecule has 0 saturated heterocycles. The predicted octanol–water partition coefficient (Wildman–Crippen LogP) is 3.12. The molecule has 1 aliphatic rings. The van der Waals surface area contributed by atoms with Crippen molar-refractivity contribution >= 4 is 0 Å². The first-order valence-corrected chi connectivity index (χ1v) is 5.45. The molecule has 0 aromatic carbocycles. The fraction of sp³-hybridized carbons (Fsp3) is 1.00. The Morgan fingerprint density at radius 3 is 2.67 bits per heavy atom. The quantitative estimate of drug-likeness (QED) is 0.687. The van der Waals surface area contributed by atoms with Crippen LogP contribution in [0.25, 0.3) is 0 Å². The SMILES string of the molecule is CCC[C@@H]1CCC[C@@]1(O)CCC. The summed E-state index contributed by atoms with van der Waals surface area (Å²) >= 11 is 0. The highest BCUT2D eigenvalue weighted by Gasteiger charge is 2.39. The van der Waals surface area contributed by atoms with E-state index in [2.05, 4.69) is 13.8 Å². The van der Waals surface area contributed by atoms with Crippen molar-refractivity contribution in [3.8, 4) is 0 Å². The molecular weight excluding hydrogens is 148 g/mol. The second kappa shape index (κ2) is 4.27. The van der Waals surface area contributed by atoms with E-state index in [0.29, 0.717) is 5.92 Å². The molecule has 0 aromatic rings. The molecule has 12 heavy (non-hydrogen) atoms. The monoisotopic (exact) mass is 170 g/mol. The Hall–Kier alpha value is -0.0400. The molecule has 1 N–H and O–H groups in total. The van der Waals surface area contributed by atoms with E-state index >= 15 is 0 Å². The summed E-state index contributed by atoms with van der Waals surface area (Å²) in [4.78, 5) is 0. The summed E-state index contributed by atoms with van der Waals surface area (Å²) in [6.45, 7) is 4.38. The Morgan fingerprint density at radius 1 is 1.33 bits per heavy atom. The Morgan fingerprint density at radius 2 is 2.08 bits per heavy atom. The molecule has 0 spiro atoms. The minimum Gasteiger partial charge on any atom is -0.390 e. The molecule has 1 aliphatic carbocycles. The molecule has 1 nitrogen and oxygen atoms in total. The third-order valence-electron chi connectivity index (χ3n) is 3.24. The van der Waals surface area contributed by atoms with Gasteiger partial charge >= 0.3 is 0 Å². The van der Waals surface area contributed by atoms with Crippen LogP contribution in [-0.4, -0.2) is 10.7 Å². The average molecular weight is 170 g/mol. The van der Waals surface area contributed by atoms with Gasteiger partial charge in [0.2, 0.25) is 0 Å². The van der Waals surface area contributed by atoms with Crippen LogP contribution in [0.4, 0.5) is 0 Å². The molecule has 72 valence electrons. The Bertz CT molecular complexity index is 133. The van der Waals surface area contributed by atoms with Crippen molar-refractivity contribution in [1.29, 1.82) is 0 Å². The van der Waals surface area contributed by atoms with E-state index in [0.717, 1.165) is 19.3 Å². The van der Waals surface area contributed by atoms with Gasteiger partial charge in [-0.15, -0.1) is 0 Å². The zero-order valence-corrected chi connectivity index (χ0v) is 8.47. The molecular formula is C11H22O. The van der Waals surface area contributed by atoms with E-state index in [9.17, 15) is 5.11 Å². The lowest BCUT2D eigenvalue weighted by molar-refractivity contribution is -0.00936. The molecule has 1 saturated carbocycles. The molecule has 1 heteroatoms. The summed E-state index contributed by atoms with van der Waals surface area (Å²) in [6.07, 6.45) is 8.11. The van der Waals surface area contributed by atoms with Gasteiger partial charge in [-0.1, -0.05) is 33.1 Å². The lowest BCUT2D eigenvalue weighted by atomic mass is 9.84. The highest BCUT2D eigenvalue weighted by atomic mass is 16.3. The third kappa shape index (κ3) is 2.01. The summed E-state index contributed by atoms with van der Waals surface area (Å²) in [5.41, 5.74) is -0.287. The number of hydrogen-bond donors (Lipinski definition) is 1. The standard InChI is InChI=1S/C11H22O/c1-3-6-10-7-5-9-11(10,12)8-4-2/h10,12H,3-9H2,1-2H3/t10-,11+/m1/s1. The highest BCUT2D eigenvalue weighted by molar-refractivity contribution is 4.91. The van der Waals surface area contributed by atoms with E-state index in [-0.39, 0.29) is 5.60 Å². The molecule has 1 rings (SSSR count). The van der Waals surface area contributed by atoms with Gasteiger partial charge in [-0.2, -0.15) is 0 Å². The van der Waals surface area contributed by atoms with Crippen LogP contribution in [0.3, 0.4) is 0 Å². The number of rotatable bonds is 4. The van der Waals surface area contributed by atoms with E-state index in [1.165, 1.54) is 25.7 Å². The summed E-state index contributed by atoms with van der Waals surface area (Å²) < 4.78 is 0. The Labute approximate surface area is 76.2 Å². The average Bonchev–Trinajstić information content (AvgIpc) is 2.35. The van der Waals surface area contributed by atoms with E-state index in [1.807, 2.05) is 0 Å². The van der Waals surface area contributed by atoms with Crippen molar-refractivity contribution in [2.75, 3.05) is 0 Å². The minimum atomic E-state index is -0.287. The van der Waals surface area contributed by atoms with E-state index in [1.54, 1.807) is 0 Å². The third-order valence-corrected chi connectivity index (χ3v) is 3.24. The second-order valence-corrected chi connectivity index (χ2v) is 4.23. The fourth-order valence-electron chi connectivity index (χ4n) is 2.65. The number of hydrogen-bond acceptors (Lipinski definition) is 1. The van der Waals surface area contributed by atoms with Crippen LogP contribution in [-0.2, 0) is 0 Å².